The Labute approximate surface area is 91.6 Å². The fourth-order valence-corrected chi connectivity index (χ4v) is 1.84. The van der Waals surface area contributed by atoms with Crippen LogP contribution in [0.1, 0.15) is 26.7 Å². The van der Waals surface area contributed by atoms with E-state index >= 15 is 0 Å². The summed E-state index contributed by atoms with van der Waals surface area (Å²) in [6, 6.07) is 0. The molecular weight excluding hydrogens is 192 g/mol. The number of rotatable bonds is 5. The molecule has 0 aromatic carbocycles. The van der Waals surface area contributed by atoms with Crippen molar-refractivity contribution in [2.45, 2.75) is 32.3 Å². The van der Waals surface area contributed by atoms with E-state index in [0.717, 1.165) is 26.1 Å². The number of likely N-dealkylation sites (tertiary alicyclic amines) is 1. The molecule has 1 heterocycles. The van der Waals surface area contributed by atoms with Crippen molar-refractivity contribution in [2.75, 3.05) is 26.7 Å². The van der Waals surface area contributed by atoms with E-state index in [1.807, 2.05) is 13.8 Å². The van der Waals surface area contributed by atoms with Crippen LogP contribution in [0.2, 0.25) is 0 Å². The molecule has 1 aliphatic heterocycles. The third-order valence-corrected chi connectivity index (χ3v) is 3.23. The van der Waals surface area contributed by atoms with Crippen molar-refractivity contribution >= 4 is 5.91 Å². The van der Waals surface area contributed by atoms with Crippen LogP contribution in [-0.2, 0) is 4.79 Å². The molecule has 0 radical (unpaired) electrons. The average Bonchev–Trinajstić information content (AvgIpc) is 2.14. The van der Waals surface area contributed by atoms with Crippen molar-refractivity contribution in [1.82, 2.24) is 10.2 Å². The average molecular weight is 214 g/mol. The van der Waals surface area contributed by atoms with Crippen LogP contribution in [0.4, 0.5) is 0 Å². The lowest BCUT2D eigenvalue weighted by Crippen LogP contribution is -2.64. The number of amides is 1. The van der Waals surface area contributed by atoms with Crippen LogP contribution in [0.15, 0.2) is 0 Å². The Morgan fingerprint density at radius 2 is 2.13 bits per heavy atom. The molecule has 1 amide bonds. The predicted molar refractivity (Wildman–Crippen MR) is 59.5 cm³/mol. The molecule has 2 N–H and O–H groups in total. The Kier molecular flexibility index (Phi) is 4.11. The second kappa shape index (κ2) is 4.94. The zero-order valence-corrected chi connectivity index (χ0v) is 9.92. The van der Waals surface area contributed by atoms with Gasteiger partial charge in [-0.25, -0.2) is 0 Å². The van der Waals surface area contributed by atoms with Gasteiger partial charge in [0.1, 0.15) is 0 Å². The van der Waals surface area contributed by atoms with Gasteiger partial charge in [-0.15, -0.1) is 0 Å². The molecule has 0 aliphatic carbocycles. The number of aliphatic hydroxyl groups is 1. The first-order chi connectivity index (χ1) is 6.98. The van der Waals surface area contributed by atoms with Crippen LogP contribution in [-0.4, -0.2) is 48.2 Å². The molecule has 0 atom stereocenters. The second-order valence-corrected chi connectivity index (χ2v) is 4.75. The minimum absolute atomic E-state index is 0.0923. The number of nitrogens with zero attached hydrogens (tertiary/aromatic N) is 1. The van der Waals surface area contributed by atoms with Gasteiger partial charge in [-0.3, -0.25) is 9.69 Å². The maximum atomic E-state index is 11.0. The summed E-state index contributed by atoms with van der Waals surface area (Å²) in [6.07, 6.45) is 1.45. The van der Waals surface area contributed by atoms with Gasteiger partial charge in [-0.1, -0.05) is 13.8 Å². The Morgan fingerprint density at radius 1 is 1.53 bits per heavy atom. The molecule has 1 rings (SSSR count). The number of carbonyl (C=O) groups is 1. The quantitative estimate of drug-likeness (QED) is 0.688. The molecule has 1 aliphatic rings. The van der Waals surface area contributed by atoms with Crippen molar-refractivity contribution in [3.8, 4) is 0 Å². The fraction of sp³-hybridized carbons (Fsp3) is 0.909. The first-order valence-electron chi connectivity index (χ1n) is 5.63. The predicted octanol–water partition coefficient (Wildman–Crippen LogP) is 0.215. The van der Waals surface area contributed by atoms with E-state index in [9.17, 15) is 9.90 Å². The van der Waals surface area contributed by atoms with Gasteiger partial charge >= 0.3 is 0 Å². The summed E-state index contributed by atoms with van der Waals surface area (Å²) < 4.78 is 0. The van der Waals surface area contributed by atoms with Crippen LogP contribution in [0.25, 0.3) is 0 Å². The highest BCUT2D eigenvalue weighted by Crippen LogP contribution is 2.28. The summed E-state index contributed by atoms with van der Waals surface area (Å²) in [5.41, 5.74) is -0.493. The third-order valence-electron chi connectivity index (χ3n) is 3.23. The van der Waals surface area contributed by atoms with E-state index in [2.05, 4.69) is 10.2 Å². The third kappa shape index (κ3) is 3.18. The number of carbonyl (C=O) groups excluding carboxylic acids is 1. The van der Waals surface area contributed by atoms with Crippen molar-refractivity contribution in [2.24, 2.45) is 5.92 Å². The van der Waals surface area contributed by atoms with Crippen molar-refractivity contribution in [1.29, 1.82) is 0 Å². The summed E-state index contributed by atoms with van der Waals surface area (Å²) in [5, 5.41) is 12.6. The highest BCUT2D eigenvalue weighted by atomic mass is 16.3. The molecule has 0 aromatic rings. The maximum absolute atomic E-state index is 11.0. The summed E-state index contributed by atoms with van der Waals surface area (Å²) in [6.45, 7) is 6.49. The normalized spacial score (nSPS) is 20.1. The van der Waals surface area contributed by atoms with Gasteiger partial charge in [-0.05, 0) is 18.9 Å². The zero-order valence-electron chi connectivity index (χ0n) is 9.92. The van der Waals surface area contributed by atoms with Crippen molar-refractivity contribution in [3.63, 3.8) is 0 Å². The van der Waals surface area contributed by atoms with Crippen molar-refractivity contribution in [3.05, 3.63) is 0 Å². The lowest BCUT2D eigenvalue weighted by molar-refractivity contribution is -0.129. The Bertz CT molecular complexity index is 223. The number of nitrogens with one attached hydrogen (secondary N) is 1. The van der Waals surface area contributed by atoms with Gasteiger partial charge in [0, 0.05) is 26.6 Å². The van der Waals surface area contributed by atoms with Crippen LogP contribution >= 0.6 is 0 Å². The summed E-state index contributed by atoms with van der Waals surface area (Å²) in [5.74, 6) is 0.405. The Hall–Kier alpha value is -0.610. The van der Waals surface area contributed by atoms with E-state index in [1.54, 1.807) is 7.05 Å². The standard InChI is InChI=1S/C11H22N2O2/c1-9(2)11(15)7-13(8-11)6-4-5-10(14)12-3/h9,15H,4-8H2,1-3H3,(H,12,14). The molecular formula is C11H22N2O2. The molecule has 0 unspecified atom stereocenters. The highest BCUT2D eigenvalue weighted by molar-refractivity contribution is 5.75. The summed E-state index contributed by atoms with van der Waals surface area (Å²) in [4.78, 5) is 13.2. The van der Waals surface area contributed by atoms with E-state index in [1.165, 1.54) is 0 Å². The van der Waals surface area contributed by atoms with Gasteiger partial charge < -0.3 is 10.4 Å². The topological polar surface area (TPSA) is 52.6 Å². The number of hydrogen-bond acceptors (Lipinski definition) is 3. The van der Waals surface area contributed by atoms with E-state index in [4.69, 9.17) is 0 Å². The zero-order chi connectivity index (χ0) is 11.5. The van der Waals surface area contributed by atoms with Gasteiger partial charge in [0.2, 0.25) is 5.91 Å². The van der Waals surface area contributed by atoms with E-state index in [-0.39, 0.29) is 5.91 Å². The Morgan fingerprint density at radius 3 is 2.60 bits per heavy atom. The molecule has 0 bridgehead atoms. The lowest BCUT2D eigenvalue weighted by Gasteiger charge is -2.49. The van der Waals surface area contributed by atoms with Crippen LogP contribution in [0.3, 0.4) is 0 Å². The lowest BCUT2D eigenvalue weighted by atomic mass is 9.83. The molecule has 1 saturated heterocycles. The largest absolute Gasteiger partial charge is 0.387 e. The minimum atomic E-state index is -0.493. The van der Waals surface area contributed by atoms with E-state index in [0.29, 0.717) is 12.3 Å². The molecule has 88 valence electrons. The maximum Gasteiger partial charge on any atom is 0.219 e. The van der Waals surface area contributed by atoms with Gasteiger partial charge in [0.15, 0.2) is 0 Å². The molecule has 0 spiro atoms. The summed E-state index contributed by atoms with van der Waals surface area (Å²) in [7, 11) is 1.66. The smallest absolute Gasteiger partial charge is 0.219 e. The molecule has 15 heavy (non-hydrogen) atoms. The minimum Gasteiger partial charge on any atom is -0.387 e. The Balaban J connectivity index is 2.10. The van der Waals surface area contributed by atoms with Gasteiger partial charge in [0.25, 0.3) is 0 Å². The van der Waals surface area contributed by atoms with Crippen molar-refractivity contribution < 1.29 is 9.90 Å². The first kappa shape index (κ1) is 12.5. The monoisotopic (exact) mass is 214 g/mol. The molecule has 0 aromatic heterocycles. The van der Waals surface area contributed by atoms with Crippen LogP contribution in [0.5, 0.6) is 0 Å². The first-order valence-corrected chi connectivity index (χ1v) is 5.63. The molecule has 4 heteroatoms. The van der Waals surface area contributed by atoms with Gasteiger partial charge in [-0.2, -0.15) is 0 Å². The molecule has 1 fully saturated rings. The molecule has 4 nitrogen and oxygen atoms in total. The summed E-state index contributed by atoms with van der Waals surface area (Å²) >= 11 is 0. The highest BCUT2D eigenvalue weighted by Gasteiger charge is 2.42. The SMILES string of the molecule is CNC(=O)CCCN1CC(O)(C(C)C)C1. The number of hydrogen-bond donors (Lipinski definition) is 2. The van der Waals surface area contributed by atoms with Gasteiger partial charge in [0.05, 0.1) is 5.60 Å². The van der Waals surface area contributed by atoms with E-state index < -0.39 is 5.60 Å². The van der Waals surface area contributed by atoms with Crippen LogP contribution < -0.4 is 5.32 Å². The fourth-order valence-electron chi connectivity index (χ4n) is 1.84. The van der Waals surface area contributed by atoms with Crippen LogP contribution in [0, 0.1) is 5.92 Å². The number of β-amino-alcohol motifs (C(OH)–C–C–N with tert-alkyl or cyclic N) is 1. The molecule has 0 saturated carbocycles. The second-order valence-electron chi connectivity index (χ2n) is 4.75.